The van der Waals surface area contributed by atoms with Crippen molar-refractivity contribution < 1.29 is 9.90 Å². The number of nitrogens with zero attached hydrogens (tertiary/aromatic N) is 3. The molecule has 0 saturated heterocycles. The van der Waals surface area contributed by atoms with E-state index in [1.54, 1.807) is 12.4 Å². The van der Waals surface area contributed by atoms with Crippen LogP contribution in [0, 0.1) is 64.1 Å². The highest BCUT2D eigenvalue weighted by Crippen LogP contribution is 2.69. The molecule has 1 aromatic heterocycles. The van der Waals surface area contributed by atoms with Gasteiger partial charge in [0.2, 0.25) is 5.82 Å². The summed E-state index contributed by atoms with van der Waals surface area (Å²) in [7, 11) is 0. The maximum absolute atomic E-state index is 13.7. The second kappa shape index (κ2) is 8.54. The van der Waals surface area contributed by atoms with Crippen LogP contribution in [0.4, 0.5) is 5.69 Å². The Bertz CT molecular complexity index is 1010. The first-order valence-corrected chi connectivity index (χ1v) is 14.0. The number of carbonyl (C=O) groups excluding carboxylic acids is 1. The topological polar surface area (TPSA) is 98.9 Å². The number of anilines is 1. The summed E-state index contributed by atoms with van der Waals surface area (Å²) in [5.41, 5.74) is 0.346. The summed E-state index contributed by atoms with van der Waals surface area (Å²) >= 11 is 0. The summed E-state index contributed by atoms with van der Waals surface area (Å²) in [4.78, 5) is 21.7. The number of nitrogens with one attached hydrogen (secondary N) is 1. The molecule has 6 rings (SSSR count). The van der Waals surface area contributed by atoms with Crippen LogP contribution in [0.2, 0.25) is 0 Å². The molecule has 0 radical (unpaired) electrons. The molecule has 1 heterocycles. The molecule has 9 atom stereocenters. The van der Waals surface area contributed by atoms with E-state index in [1.807, 2.05) is 13.0 Å². The van der Waals surface area contributed by atoms with Crippen LogP contribution in [0.25, 0.3) is 0 Å². The number of nitriles is 1. The van der Waals surface area contributed by atoms with E-state index in [0.717, 1.165) is 42.9 Å². The molecule has 2 N–H and O–H groups in total. The molecule has 0 aliphatic heterocycles. The zero-order chi connectivity index (χ0) is 24.4. The van der Waals surface area contributed by atoms with Crippen molar-refractivity contribution in [3.8, 4) is 6.07 Å². The molecule has 35 heavy (non-hydrogen) atoms. The molecular weight excluding hydrogens is 436 g/mol. The van der Waals surface area contributed by atoms with Crippen LogP contribution in [-0.4, -0.2) is 33.0 Å². The van der Waals surface area contributed by atoms with E-state index in [1.165, 1.54) is 44.9 Å². The molecule has 6 nitrogen and oxygen atoms in total. The van der Waals surface area contributed by atoms with Crippen molar-refractivity contribution in [2.24, 2.45) is 52.8 Å². The van der Waals surface area contributed by atoms with Gasteiger partial charge in [-0.3, -0.25) is 4.79 Å². The van der Waals surface area contributed by atoms with Crippen molar-refractivity contribution in [2.75, 3.05) is 11.9 Å². The van der Waals surface area contributed by atoms with Crippen LogP contribution in [0.5, 0.6) is 0 Å². The van der Waals surface area contributed by atoms with Gasteiger partial charge in [0.25, 0.3) is 0 Å². The Morgan fingerprint density at radius 3 is 2.46 bits per heavy atom. The lowest BCUT2D eigenvalue weighted by Gasteiger charge is -2.57. The number of fused-ring (bicyclic) bond motifs is 5. The fourth-order valence-electron chi connectivity index (χ4n) is 9.56. The summed E-state index contributed by atoms with van der Waals surface area (Å²) in [5, 5.41) is 22.9. The SMILES string of the molecule is C[C@@]1(O)CC[C@H]2[C@H](CC[C@@H]3[C@@H]2CC[C@@]2(C)[C@H]3[C@H](C3CC3)C[C@@H]2C(=O)CNc2cnc(C#N)nc2)C1. The van der Waals surface area contributed by atoms with Gasteiger partial charge in [-0.25, -0.2) is 9.97 Å². The summed E-state index contributed by atoms with van der Waals surface area (Å²) in [6.45, 7) is 4.82. The molecule has 0 spiro atoms. The highest BCUT2D eigenvalue weighted by atomic mass is 16.3. The van der Waals surface area contributed by atoms with Crippen LogP contribution < -0.4 is 5.32 Å². The van der Waals surface area contributed by atoms with E-state index in [9.17, 15) is 9.90 Å². The molecular formula is C29H40N4O2. The van der Waals surface area contributed by atoms with E-state index in [2.05, 4.69) is 22.2 Å². The number of carbonyl (C=O) groups is 1. The van der Waals surface area contributed by atoms with Crippen molar-refractivity contribution in [3.05, 3.63) is 18.2 Å². The molecule has 1 aromatic rings. The van der Waals surface area contributed by atoms with E-state index in [-0.39, 0.29) is 17.2 Å². The number of aliphatic hydroxyl groups is 1. The van der Waals surface area contributed by atoms with E-state index < -0.39 is 5.60 Å². The van der Waals surface area contributed by atoms with Gasteiger partial charge < -0.3 is 10.4 Å². The molecule has 5 aliphatic carbocycles. The minimum absolute atomic E-state index is 0.112. The molecule has 188 valence electrons. The fraction of sp³-hybridized carbons (Fsp3) is 0.793. The minimum atomic E-state index is -0.467. The Hall–Kier alpha value is -2.00. The van der Waals surface area contributed by atoms with Gasteiger partial charge in [0.05, 0.1) is 30.2 Å². The third-order valence-corrected chi connectivity index (χ3v) is 11.1. The standard InChI is InChI=1S/C29H40N4O2/c1-28(35)9-7-20-18(12-28)5-6-22-21(20)8-10-29(2)24(11-23(27(22)29)17-3-4-17)25(34)16-31-19-14-32-26(13-30)33-15-19/h14-15,17-18,20-24,27,31,35H,3-12,16H2,1-2H3/t18-,20+,21-,22-,23+,24-,27-,28-,29-/m1/s1. The quantitative estimate of drug-likeness (QED) is 0.621. The summed E-state index contributed by atoms with van der Waals surface area (Å²) < 4.78 is 0. The first-order valence-electron chi connectivity index (χ1n) is 14.0. The summed E-state index contributed by atoms with van der Waals surface area (Å²) in [5.74, 6) is 5.89. The van der Waals surface area contributed by atoms with Crippen LogP contribution in [0.1, 0.15) is 83.9 Å². The smallest absolute Gasteiger partial charge is 0.232 e. The number of aromatic nitrogens is 2. The van der Waals surface area contributed by atoms with Crippen LogP contribution in [0.15, 0.2) is 12.4 Å². The molecule has 0 amide bonds. The van der Waals surface area contributed by atoms with Crippen molar-refractivity contribution in [2.45, 2.75) is 83.7 Å². The lowest BCUT2D eigenvalue weighted by Crippen LogP contribution is -2.52. The molecule has 5 fully saturated rings. The summed E-state index contributed by atoms with van der Waals surface area (Å²) in [6.07, 6.45) is 15.1. The zero-order valence-electron chi connectivity index (χ0n) is 21.2. The van der Waals surface area contributed by atoms with Crippen LogP contribution >= 0.6 is 0 Å². The maximum Gasteiger partial charge on any atom is 0.232 e. The Balaban J connectivity index is 1.20. The second-order valence-electron chi connectivity index (χ2n) is 13.2. The fourth-order valence-corrected chi connectivity index (χ4v) is 9.56. The maximum atomic E-state index is 13.7. The third kappa shape index (κ3) is 4.08. The summed E-state index contributed by atoms with van der Waals surface area (Å²) in [6, 6.07) is 1.94. The third-order valence-electron chi connectivity index (χ3n) is 11.1. The predicted octanol–water partition coefficient (Wildman–Crippen LogP) is 4.99. The molecule has 6 heteroatoms. The van der Waals surface area contributed by atoms with Crippen molar-refractivity contribution in [1.82, 2.24) is 9.97 Å². The Kier molecular flexibility index (Phi) is 5.71. The monoisotopic (exact) mass is 476 g/mol. The normalized spacial score (nSPS) is 44.5. The van der Waals surface area contributed by atoms with Crippen molar-refractivity contribution in [3.63, 3.8) is 0 Å². The van der Waals surface area contributed by atoms with E-state index >= 15 is 0 Å². The number of hydrogen-bond acceptors (Lipinski definition) is 6. The average Bonchev–Trinajstić information content (AvgIpc) is 3.64. The second-order valence-corrected chi connectivity index (χ2v) is 13.2. The Morgan fingerprint density at radius 2 is 1.74 bits per heavy atom. The Labute approximate surface area is 209 Å². The first kappa shape index (κ1) is 23.4. The number of rotatable bonds is 5. The predicted molar refractivity (Wildman–Crippen MR) is 133 cm³/mol. The Morgan fingerprint density at radius 1 is 1.03 bits per heavy atom. The number of Topliss-reactive ketones (excluding diaryl/α,β-unsaturated/α-hetero) is 1. The largest absolute Gasteiger partial charge is 0.390 e. The lowest BCUT2D eigenvalue weighted by atomic mass is 9.48. The van der Waals surface area contributed by atoms with Gasteiger partial charge >= 0.3 is 0 Å². The van der Waals surface area contributed by atoms with E-state index in [0.29, 0.717) is 35.8 Å². The highest BCUT2D eigenvalue weighted by molar-refractivity contribution is 5.86. The number of hydrogen-bond donors (Lipinski definition) is 2. The lowest BCUT2D eigenvalue weighted by molar-refractivity contribution is -0.131. The van der Waals surface area contributed by atoms with Gasteiger partial charge in [0.15, 0.2) is 5.78 Å². The molecule has 5 saturated carbocycles. The molecule has 0 unspecified atom stereocenters. The first-order chi connectivity index (χ1) is 16.8. The molecule has 0 aromatic carbocycles. The number of ketones is 1. The average molecular weight is 477 g/mol. The van der Waals surface area contributed by atoms with Gasteiger partial charge in [-0.15, -0.1) is 0 Å². The van der Waals surface area contributed by atoms with Crippen molar-refractivity contribution >= 4 is 11.5 Å². The van der Waals surface area contributed by atoms with Gasteiger partial charge in [0, 0.05) is 5.92 Å². The highest BCUT2D eigenvalue weighted by Gasteiger charge is 2.63. The van der Waals surface area contributed by atoms with Crippen LogP contribution in [-0.2, 0) is 4.79 Å². The molecule has 5 aliphatic rings. The van der Waals surface area contributed by atoms with Gasteiger partial charge in [-0.2, -0.15) is 5.26 Å². The van der Waals surface area contributed by atoms with E-state index in [4.69, 9.17) is 5.26 Å². The molecule has 0 bridgehead atoms. The van der Waals surface area contributed by atoms with Gasteiger partial charge in [-0.05, 0) is 118 Å². The minimum Gasteiger partial charge on any atom is -0.390 e. The van der Waals surface area contributed by atoms with Gasteiger partial charge in [0.1, 0.15) is 6.07 Å². The van der Waals surface area contributed by atoms with Gasteiger partial charge in [-0.1, -0.05) is 6.92 Å². The zero-order valence-corrected chi connectivity index (χ0v) is 21.2. The van der Waals surface area contributed by atoms with Crippen molar-refractivity contribution in [1.29, 1.82) is 5.26 Å². The van der Waals surface area contributed by atoms with Crippen LogP contribution in [0.3, 0.4) is 0 Å².